The first kappa shape index (κ1) is 25.6. The van der Waals surface area contributed by atoms with E-state index in [9.17, 15) is 22.8 Å². The summed E-state index contributed by atoms with van der Waals surface area (Å²) in [6.45, 7) is 3.67. The minimum absolute atomic E-state index is 0.0273. The highest BCUT2D eigenvalue weighted by atomic mass is 32.2. The lowest BCUT2D eigenvalue weighted by Crippen LogP contribution is -2.55. The Kier molecular flexibility index (Phi) is 8.56. The van der Waals surface area contributed by atoms with Gasteiger partial charge >= 0.3 is 0 Å². The molecule has 0 radical (unpaired) electrons. The summed E-state index contributed by atoms with van der Waals surface area (Å²) >= 11 is 0. The second kappa shape index (κ2) is 11.4. The van der Waals surface area contributed by atoms with Crippen molar-refractivity contribution in [1.29, 1.82) is 0 Å². The summed E-state index contributed by atoms with van der Waals surface area (Å²) in [6, 6.07) is 5.50. The standard InChI is InChI=1S/C23H30N4O6S/c1-15(2)20(27-34(31,32)17-9-4-3-5-10-17)22(29)26-18-11-6-8-16-14-25-33-19(16)12-7-13-24-23(30)21(18)28/h3-5,9-10,14-15,18,20,27H,6-8,11-13H2,1-2H3,(H,24,30)(H,26,29). The van der Waals surface area contributed by atoms with Crippen LogP contribution < -0.4 is 15.4 Å². The molecule has 34 heavy (non-hydrogen) atoms. The van der Waals surface area contributed by atoms with Crippen molar-refractivity contribution < 1.29 is 27.3 Å². The monoisotopic (exact) mass is 490 g/mol. The lowest BCUT2D eigenvalue weighted by molar-refractivity contribution is -0.140. The molecule has 0 bridgehead atoms. The summed E-state index contributed by atoms with van der Waals surface area (Å²) < 4.78 is 33.2. The number of benzene rings is 1. The van der Waals surface area contributed by atoms with E-state index < -0.39 is 45.6 Å². The van der Waals surface area contributed by atoms with E-state index >= 15 is 0 Å². The maximum Gasteiger partial charge on any atom is 0.289 e. The van der Waals surface area contributed by atoms with Gasteiger partial charge in [-0.3, -0.25) is 14.4 Å². The lowest BCUT2D eigenvalue weighted by atomic mass is 9.98. The molecule has 2 amide bonds. The van der Waals surface area contributed by atoms with Crippen molar-refractivity contribution >= 4 is 27.6 Å². The van der Waals surface area contributed by atoms with Gasteiger partial charge in [0.15, 0.2) is 0 Å². The summed E-state index contributed by atoms with van der Waals surface area (Å²) in [5, 5.41) is 9.01. The fourth-order valence-electron chi connectivity index (χ4n) is 3.74. The van der Waals surface area contributed by atoms with Crippen LogP contribution in [-0.2, 0) is 37.2 Å². The van der Waals surface area contributed by atoms with Crippen molar-refractivity contribution in [2.24, 2.45) is 5.92 Å². The molecule has 0 aliphatic carbocycles. The Labute approximate surface area is 198 Å². The first-order chi connectivity index (χ1) is 16.2. The second-order valence-electron chi connectivity index (χ2n) is 8.61. The molecule has 2 aromatic rings. The average molecular weight is 491 g/mol. The van der Waals surface area contributed by atoms with Crippen LogP contribution in [0.15, 0.2) is 45.9 Å². The zero-order valence-corrected chi connectivity index (χ0v) is 20.1. The van der Waals surface area contributed by atoms with E-state index in [2.05, 4.69) is 20.5 Å². The fourth-order valence-corrected chi connectivity index (χ4v) is 5.11. The highest BCUT2D eigenvalue weighted by Gasteiger charge is 2.33. The molecule has 1 aromatic carbocycles. The molecule has 10 nitrogen and oxygen atoms in total. The molecule has 2 atom stereocenters. The predicted octanol–water partition coefficient (Wildman–Crippen LogP) is 1.12. The molecule has 3 rings (SSSR count). The molecule has 0 saturated heterocycles. The minimum atomic E-state index is -3.97. The Hall–Kier alpha value is -3.05. The number of nitrogens with zero attached hydrogens (tertiary/aromatic N) is 1. The summed E-state index contributed by atoms with van der Waals surface area (Å²) in [7, 11) is -3.97. The van der Waals surface area contributed by atoms with Crippen LogP contribution in [0.3, 0.4) is 0 Å². The number of fused-ring (bicyclic) bond motifs is 1. The molecule has 2 heterocycles. The SMILES string of the molecule is CC(C)C(NS(=O)(=O)c1ccccc1)C(=O)NC1CCCc2cnoc2CCCNC(=O)C1=O. The van der Waals surface area contributed by atoms with Crippen LogP contribution in [0.4, 0.5) is 0 Å². The number of rotatable bonds is 6. The Morgan fingerprint density at radius 1 is 1.15 bits per heavy atom. The zero-order valence-electron chi connectivity index (χ0n) is 19.2. The molecule has 0 saturated carbocycles. The van der Waals surface area contributed by atoms with Gasteiger partial charge in [-0.1, -0.05) is 37.2 Å². The summed E-state index contributed by atoms with van der Waals surface area (Å²) in [6.07, 6.45) is 4.10. The summed E-state index contributed by atoms with van der Waals surface area (Å²) in [4.78, 5) is 38.3. The Morgan fingerprint density at radius 3 is 2.59 bits per heavy atom. The molecule has 2 unspecified atom stereocenters. The number of amides is 2. The number of ketones is 1. The number of hydrogen-bond donors (Lipinski definition) is 3. The number of hydrogen-bond acceptors (Lipinski definition) is 7. The van der Waals surface area contributed by atoms with Crippen molar-refractivity contribution in [1.82, 2.24) is 20.5 Å². The Balaban J connectivity index is 1.75. The van der Waals surface area contributed by atoms with Crippen LogP contribution in [0.1, 0.15) is 44.4 Å². The fraction of sp³-hybridized carbons (Fsp3) is 0.478. The van der Waals surface area contributed by atoms with Gasteiger partial charge in [0.05, 0.1) is 17.1 Å². The molecule has 1 aliphatic rings. The number of aryl methyl sites for hydroxylation is 2. The van der Waals surface area contributed by atoms with Gasteiger partial charge in [-0.15, -0.1) is 0 Å². The smallest absolute Gasteiger partial charge is 0.289 e. The molecule has 0 fully saturated rings. The van der Waals surface area contributed by atoms with Crippen molar-refractivity contribution in [2.45, 2.75) is 62.9 Å². The highest BCUT2D eigenvalue weighted by molar-refractivity contribution is 7.89. The number of carbonyl (C=O) groups is 3. The van der Waals surface area contributed by atoms with Gasteiger partial charge < -0.3 is 15.2 Å². The third kappa shape index (κ3) is 6.51. The van der Waals surface area contributed by atoms with Gasteiger partial charge in [-0.05, 0) is 43.7 Å². The largest absolute Gasteiger partial charge is 0.361 e. The number of aromatic nitrogens is 1. The van der Waals surface area contributed by atoms with Gasteiger partial charge in [0.1, 0.15) is 11.8 Å². The van der Waals surface area contributed by atoms with E-state index in [0.717, 1.165) is 11.3 Å². The Bertz CT molecular complexity index is 1110. The average Bonchev–Trinajstić information content (AvgIpc) is 3.25. The number of carbonyl (C=O) groups excluding carboxylic acids is 3. The normalized spacial score (nSPS) is 18.9. The Morgan fingerprint density at radius 2 is 1.88 bits per heavy atom. The van der Waals surface area contributed by atoms with E-state index in [1.807, 2.05) is 0 Å². The summed E-state index contributed by atoms with van der Waals surface area (Å²) in [5.41, 5.74) is 0.931. The van der Waals surface area contributed by atoms with Crippen molar-refractivity contribution in [2.75, 3.05) is 6.54 Å². The molecular formula is C23H30N4O6S. The third-order valence-corrected chi connectivity index (χ3v) is 7.13. The number of nitrogens with one attached hydrogen (secondary N) is 3. The second-order valence-corrected chi connectivity index (χ2v) is 10.3. The van der Waals surface area contributed by atoms with E-state index in [4.69, 9.17) is 4.52 Å². The third-order valence-electron chi connectivity index (χ3n) is 5.68. The number of sulfonamides is 1. The quantitative estimate of drug-likeness (QED) is 0.514. The highest BCUT2D eigenvalue weighted by Crippen LogP contribution is 2.16. The van der Waals surface area contributed by atoms with Gasteiger partial charge in [-0.2, -0.15) is 4.72 Å². The summed E-state index contributed by atoms with van der Waals surface area (Å²) in [5.74, 6) is -1.87. The van der Waals surface area contributed by atoms with Crippen molar-refractivity contribution in [3.8, 4) is 0 Å². The van der Waals surface area contributed by atoms with E-state index in [1.54, 1.807) is 38.2 Å². The van der Waals surface area contributed by atoms with E-state index in [0.29, 0.717) is 25.7 Å². The van der Waals surface area contributed by atoms with E-state index in [1.165, 1.54) is 12.1 Å². The molecular weight excluding hydrogens is 460 g/mol. The minimum Gasteiger partial charge on any atom is -0.361 e. The van der Waals surface area contributed by atoms with Crippen LogP contribution in [0.25, 0.3) is 0 Å². The first-order valence-corrected chi connectivity index (χ1v) is 12.8. The first-order valence-electron chi connectivity index (χ1n) is 11.3. The predicted molar refractivity (Wildman–Crippen MR) is 123 cm³/mol. The molecule has 11 heteroatoms. The topological polar surface area (TPSA) is 147 Å². The molecule has 1 aromatic heterocycles. The van der Waals surface area contributed by atoms with Gasteiger partial charge in [0, 0.05) is 18.5 Å². The van der Waals surface area contributed by atoms with Gasteiger partial charge in [0.25, 0.3) is 5.91 Å². The van der Waals surface area contributed by atoms with Crippen LogP contribution in [0.5, 0.6) is 0 Å². The maximum absolute atomic E-state index is 13.1. The van der Waals surface area contributed by atoms with Gasteiger partial charge in [0.2, 0.25) is 21.7 Å². The van der Waals surface area contributed by atoms with Crippen LogP contribution in [0.2, 0.25) is 0 Å². The maximum atomic E-state index is 13.1. The van der Waals surface area contributed by atoms with Crippen LogP contribution >= 0.6 is 0 Å². The molecule has 3 N–H and O–H groups in total. The van der Waals surface area contributed by atoms with Crippen molar-refractivity contribution in [3.05, 3.63) is 47.9 Å². The van der Waals surface area contributed by atoms with Crippen LogP contribution in [0, 0.1) is 5.92 Å². The van der Waals surface area contributed by atoms with Crippen molar-refractivity contribution in [3.63, 3.8) is 0 Å². The molecule has 0 spiro atoms. The lowest BCUT2D eigenvalue weighted by Gasteiger charge is -2.25. The van der Waals surface area contributed by atoms with E-state index in [-0.39, 0.29) is 17.9 Å². The zero-order chi connectivity index (χ0) is 24.7. The number of Topliss-reactive ketones (excluding diaryl/α,β-unsaturated/α-hetero) is 1. The molecule has 1 aliphatic heterocycles. The van der Waals surface area contributed by atoms with Gasteiger partial charge in [-0.25, -0.2) is 8.42 Å². The molecule has 184 valence electrons. The van der Waals surface area contributed by atoms with Crippen LogP contribution in [-0.4, -0.2) is 49.8 Å².